The van der Waals surface area contributed by atoms with Crippen molar-refractivity contribution in [3.63, 3.8) is 0 Å². The van der Waals surface area contributed by atoms with Crippen LogP contribution >= 0.6 is 0 Å². The number of pyridine rings is 1. The maximum absolute atomic E-state index is 13.2. The van der Waals surface area contributed by atoms with Crippen LogP contribution in [0.1, 0.15) is 10.4 Å². The van der Waals surface area contributed by atoms with E-state index in [0.29, 0.717) is 22.2 Å². The quantitative estimate of drug-likeness (QED) is 0.286. The molecule has 1 heterocycles. The first kappa shape index (κ1) is 23.1. The first-order chi connectivity index (χ1) is 17.5. The maximum Gasteiger partial charge on any atom is 0.339 e. The molecule has 0 fully saturated rings. The van der Waals surface area contributed by atoms with Gasteiger partial charge in [-0.3, -0.25) is 4.79 Å². The van der Waals surface area contributed by atoms with E-state index in [1.165, 1.54) is 4.90 Å². The highest BCUT2D eigenvalue weighted by molar-refractivity contribution is 6.06. The molecule has 36 heavy (non-hydrogen) atoms. The van der Waals surface area contributed by atoms with Gasteiger partial charge in [0.05, 0.1) is 23.9 Å². The normalized spacial score (nSPS) is 10.8. The number of aromatic nitrogens is 1. The molecule has 6 nitrogen and oxygen atoms in total. The Hall–Kier alpha value is -4.71. The van der Waals surface area contributed by atoms with E-state index in [1.807, 2.05) is 91.0 Å². The van der Waals surface area contributed by atoms with Gasteiger partial charge >= 0.3 is 5.97 Å². The van der Waals surface area contributed by atoms with E-state index in [-0.39, 0.29) is 12.5 Å². The molecule has 0 unspecified atom stereocenters. The van der Waals surface area contributed by atoms with Gasteiger partial charge in [-0.15, -0.1) is 0 Å². The standard InChI is InChI=1S/C30H24N2O4/c1-32(23-8-4-3-5-9-23)29(33)19-36-30(34)26-18-28(31-27-11-7-6-10-25(26)27)22-13-12-21-17-24(35-2)15-14-20(21)16-22/h3-18H,19H2,1-2H3. The van der Waals surface area contributed by atoms with Gasteiger partial charge in [-0.2, -0.15) is 0 Å². The van der Waals surface area contributed by atoms with Crippen LogP contribution < -0.4 is 9.64 Å². The second kappa shape index (κ2) is 9.88. The summed E-state index contributed by atoms with van der Waals surface area (Å²) in [5, 5.41) is 2.74. The fourth-order valence-electron chi connectivity index (χ4n) is 4.10. The van der Waals surface area contributed by atoms with Gasteiger partial charge < -0.3 is 14.4 Å². The summed E-state index contributed by atoms with van der Waals surface area (Å²) in [6.45, 7) is -0.367. The molecule has 0 spiro atoms. The van der Waals surface area contributed by atoms with Gasteiger partial charge in [-0.1, -0.05) is 54.6 Å². The molecule has 1 aromatic heterocycles. The van der Waals surface area contributed by atoms with Crippen molar-refractivity contribution in [2.45, 2.75) is 0 Å². The summed E-state index contributed by atoms with van der Waals surface area (Å²) in [6, 6.07) is 30.2. The average Bonchev–Trinajstić information content (AvgIpc) is 2.94. The number of amides is 1. The number of rotatable bonds is 6. The van der Waals surface area contributed by atoms with Crippen LogP contribution in [-0.2, 0) is 9.53 Å². The van der Waals surface area contributed by atoms with Crippen LogP contribution in [0, 0.1) is 0 Å². The fraction of sp³-hybridized carbons (Fsp3) is 0.100. The largest absolute Gasteiger partial charge is 0.497 e. The lowest BCUT2D eigenvalue weighted by Gasteiger charge is -2.17. The summed E-state index contributed by atoms with van der Waals surface area (Å²) in [5.74, 6) is -0.107. The SMILES string of the molecule is COc1ccc2cc(-c3cc(C(=O)OCC(=O)N(C)c4ccccc4)c4ccccc4n3)ccc2c1. The minimum absolute atomic E-state index is 0.321. The van der Waals surface area contributed by atoms with Crippen LogP contribution in [0.5, 0.6) is 5.75 Å². The minimum Gasteiger partial charge on any atom is -0.497 e. The predicted octanol–water partition coefficient (Wildman–Crippen LogP) is 5.88. The molecular formula is C30H24N2O4. The van der Waals surface area contributed by atoms with Crippen LogP contribution in [0.3, 0.4) is 0 Å². The smallest absolute Gasteiger partial charge is 0.339 e. The Kier molecular flexibility index (Phi) is 6.33. The van der Waals surface area contributed by atoms with Crippen LogP contribution in [0.25, 0.3) is 32.9 Å². The zero-order valence-corrected chi connectivity index (χ0v) is 20.0. The lowest BCUT2D eigenvalue weighted by atomic mass is 10.0. The lowest BCUT2D eigenvalue weighted by Crippen LogP contribution is -2.31. The summed E-state index contributed by atoms with van der Waals surface area (Å²) in [7, 11) is 3.29. The highest BCUT2D eigenvalue weighted by Crippen LogP contribution is 2.29. The molecule has 0 atom stereocenters. The Morgan fingerprint density at radius 3 is 2.36 bits per heavy atom. The molecule has 0 saturated heterocycles. The van der Waals surface area contributed by atoms with Crippen LogP contribution in [0.4, 0.5) is 5.69 Å². The van der Waals surface area contributed by atoms with Gasteiger partial charge in [-0.25, -0.2) is 9.78 Å². The lowest BCUT2D eigenvalue weighted by molar-refractivity contribution is -0.121. The molecule has 1 amide bonds. The van der Waals surface area contributed by atoms with E-state index < -0.39 is 5.97 Å². The van der Waals surface area contributed by atoms with Crippen LogP contribution in [-0.4, -0.2) is 37.6 Å². The van der Waals surface area contributed by atoms with E-state index in [0.717, 1.165) is 27.8 Å². The molecule has 0 bridgehead atoms. The molecule has 0 aliphatic heterocycles. The van der Waals surface area contributed by atoms with Gasteiger partial charge in [0.2, 0.25) is 0 Å². The molecule has 0 radical (unpaired) electrons. The van der Waals surface area contributed by atoms with Crippen molar-refractivity contribution in [1.29, 1.82) is 0 Å². The highest BCUT2D eigenvalue weighted by Gasteiger charge is 2.18. The molecule has 5 aromatic rings. The number of nitrogens with zero attached hydrogens (tertiary/aromatic N) is 2. The van der Waals surface area contributed by atoms with Crippen molar-refractivity contribution >= 4 is 39.2 Å². The molecule has 6 heteroatoms. The van der Waals surface area contributed by atoms with Crippen molar-refractivity contribution in [3.8, 4) is 17.0 Å². The third kappa shape index (κ3) is 4.61. The fourth-order valence-corrected chi connectivity index (χ4v) is 4.10. The number of carbonyl (C=O) groups excluding carboxylic acids is 2. The number of carbonyl (C=O) groups is 2. The summed E-state index contributed by atoms with van der Waals surface area (Å²) in [4.78, 5) is 32.0. The number of fused-ring (bicyclic) bond motifs is 2. The van der Waals surface area contributed by atoms with Gasteiger partial charge in [0, 0.05) is 23.7 Å². The summed E-state index contributed by atoms with van der Waals surface area (Å²) >= 11 is 0. The number of para-hydroxylation sites is 2. The number of anilines is 1. The molecule has 4 aromatic carbocycles. The molecule has 0 N–H and O–H groups in total. The topological polar surface area (TPSA) is 68.7 Å². The third-order valence-corrected chi connectivity index (χ3v) is 6.12. The number of ether oxygens (including phenoxy) is 2. The molecule has 0 aliphatic carbocycles. The van der Waals surface area contributed by atoms with Crippen molar-refractivity contribution in [2.24, 2.45) is 0 Å². The van der Waals surface area contributed by atoms with E-state index in [1.54, 1.807) is 20.2 Å². The summed E-state index contributed by atoms with van der Waals surface area (Å²) in [6.07, 6.45) is 0. The Bertz CT molecular complexity index is 1580. The van der Waals surface area contributed by atoms with Crippen molar-refractivity contribution in [2.75, 3.05) is 25.7 Å². The summed E-state index contributed by atoms with van der Waals surface area (Å²) < 4.78 is 10.8. The number of esters is 1. The highest BCUT2D eigenvalue weighted by atomic mass is 16.5. The van der Waals surface area contributed by atoms with Gasteiger partial charge in [0.25, 0.3) is 5.91 Å². The van der Waals surface area contributed by atoms with Gasteiger partial charge in [0.15, 0.2) is 6.61 Å². The van der Waals surface area contributed by atoms with Crippen LogP contribution in [0.15, 0.2) is 97.1 Å². The first-order valence-corrected chi connectivity index (χ1v) is 11.5. The zero-order chi connectivity index (χ0) is 25.1. The second-order valence-electron chi connectivity index (χ2n) is 8.36. The van der Waals surface area contributed by atoms with Crippen molar-refractivity contribution < 1.29 is 19.1 Å². The third-order valence-electron chi connectivity index (χ3n) is 6.12. The van der Waals surface area contributed by atoms with E-state index in [2.05, 4.69) is 0 Å². The Morgan fingerprint density at radius 1 is 0.833 bits per heavy atom. The minimum atomic E-state index is -0.574. The van der Waals surface area contributed by atoms with E-state index in [9.17, 15) is 9.59 Å². The summed E-state index contributed by atoms with van der Waals surface area (Å²) in [5.41, 5.74) is 3.27. The Morgan fingerprint density at radius 2 is 1.56 bits per heavy atom. The number of hydrogen-bond acceptors (Lipinski definition) is 5. The molecule has 0 aliphatic rings. The van der Waals surface area contributed by atoms with E-state index >= 15 is 0 Å². The van der Waals surface area contributed by atoms with Gasteiger partial charge in [-0.05, 0) is 53.2 Å². The number of methoxy groups -OCH3 is 1. The zero-order valence-electron chi connectivity index (χ0n) is 20.0. The number of likely N-dealkylation sites (N-methyl/N-ethyl adjacent to an activating group) is 1. The molecule has 5 rings (SSSR count). The van der Waals surface area contributed by atoms with Crippen molar-refractivity contribution in [3.05, 3.63) is 103 Å². The van der Waals surface area contributed by atoms with Crippen molar-refractivity contribution in [1.82, 2.24) is 4.98 Å². The Labute approximate surface area is 208 Å². The average molecular weight is 477 g/mol. The second-order valence-corrected chi connectivity index (χ2v) is 8.36. The monoisotopic (exact) mass is 476 g/mol. The molecule has 0 saturated carbocycles. The number of benzene rings is 4. The predicted molar refractivity (Wildman–Crippen MR) is 141 cm³/mol. The maximum atomic E-state index is 13.2. The first-order valence-electron chi connectivity index (χ1n) is 11.5. The Balaban J connectivity index is 1.45. The van der Waals surface area contributed by atoms with E-state index in [4.69, 9.17) is 14.5 Å². The van der Waals surface area contributed by atoms with Crippen LogP contribution in [0.2, 0.25) is 0 Å². The number of hydrogen-bond donors (Lipinski definition) is 0. The van der Waals surface area contributed by atoms with Gasteiger partial charge in [0.1, 0.15) is 5.75 Å². The molecular weight excluding hydrogens is 452 g/mol. The molecule has 178 valence electrons.